The average molecular weight is 518 g/mol. The minimum Gasteiger partial charge on any atom is -0.484 e. The van der Waals surface area contributed by atoms with Crippen molar-refractivity contribution in [3.8, 4) is 17.0 Å². The van der Waals surface area contributed by atoms with Crippen molar-refractivity contribution in [3.05, 3.63) is 53.9 Å². The van der Waals surface area contributed by atoms with E-state index in [1.807, 2.05) is 0 Å². The summed E-state index contributed by atoms with van der Waals surface area (Å²) in [7, 11) is 1.60. The number of pyridine rings is 1. The van der Waals surface area contributed by atoms with Crippen LogP contribution in [0.25, 0.3) is 16.8 Å². The lowest BCUT2D eigenvalue weighted by Crippen LogP contribution is -2.39. The first-order valence-corrected chi connectivity index (χ1v) is 12.4. The molecule has 1 atom stereocenters. The third-order valence-corrected chi connectivity index (χ3v) is 6.23. The van der Waals surface area contributed by atoms with Crippen molar-refractivity contribution in [1.29, 1.82) is 0 Å². The smallest absolute Gasteiger partial charge is 0.422 e. The average Bonchev–Trinajstić information content (AvgIpc) is 2.89. The Morgan fingerprint density at radius 3 is 2.68 bits per heavy atom. The number of nitrogens with two attached hydrogens (primary N) is 1. The predicted octanol–water partition coefficient (Wildman–Crippen LogP) is 4.68. The second-order valence-electron chi connectivity index (χ2n) is 9.05. The zero-order valence-corrected chi connectivity index (χ0v) is 21.2. The molecule has 1 saturated heterocycles. The van der Waals surface area contributed by atoms with Crippen LogP contribution in [0, 0.1) is 0 Å². The molecule has 1 unspecified atom stereocenters. The summed E-state index contributed by atoms with van der Waals surface area (Å²) in [4.78, 5) is 24.1. The number of benzene rings is 1. The molecule has 2 heterocycles. The minimum absolute atomic E-state index is 0.0823. The van der Waals surface area contributed by atoms with E-state index < -0.39 is 12.8 Å². The van der Waals surface area contributed by atoms with Crippen LogP contribution in [-0.2, 0) is 0 Å². The van der Waals surface area contributed by atoms with Gasteiger partial charge in [0.15, 0.2) is 6.61 Å². The maximum atomic E-state index is 13.0. The number of hydrogen-bond acceptors (Lipinski definition) is 6. The summed E-state index contributed by atoms with van der Waals surface area (Å²) in [6, 6.07) is 9.93. The lowest BCUT2D eigenvalue weighted by molar-refractivity contribution is -0.153. The second-order valence-corrected chi connectivity index (χ2v) is 9.05. The van der Waals surface area contributed by atoms with Crippen LogP contribution in [-0.4, -0.2) is 67.5 Å². The van der Waals surface area contributed by atoms with Gasteiger partial charge in [-0.2, -0.15) is 13.2 Å². The number of carbonyl (C=O) groups excluding carboxylic acids is 1. The third-order valence-electron chi connectivity index (χ3n) is 6.23. The minimum atomic E-state index is -4.42. The highest BCUT2D eigenvalue weighted by Gasteiger charge is 2.28. The van der Waals surface area contributed by atoms with Gasteiger partial charge in [-0.05, 0) is 69.1 Å². The Hall–Kier alpha value is -3.40. The number of nitrogens with zero attached hydrogens (tertiary/aromatic N) is 3. The molecule has 37 heavy (non-hydrogen) atoms. The van der Waals surface area contributed by atoms with E-state index in [1.54, 1.807) is 37.5 Å². The number of hydrogen-bond donors (Lipinski definition) is 2. The highest BCUT2D eigenvalue weighted by Crippen LogP contribution is 2.25. The van der Waals surface area contributed by atoms with Crippen LogP contribution in [0.15, 0.2) is 47.6 Å². The number of nitrogens with one attached hydrogen (secondary N) is 1. The Labute approximate surface area is 215 Å². The molecule has 1 aliphatic rings. The van der Waals surface area contributed by atoms with Crippen molar-refractivity contribution in [2.75, 3.05) is 33.3 Å². The van der Waals surface area contributed by atoms with Crippen molar-refractivity contribution >= 4 is 17.7 Å². The quantitative estimate of drug-likeness (QED) is 0.353. The molecule has 7 nitrogen and oxygen atoms in total. The van der Waals surface area contributed by atoms with Gasteiger partial charge in [0.2, 0.25) is 0 Å². The number of amides is 1. The van der Waals surface area contributed by atoms with E-state index in [9.17, 15) is 18.0 Å². The second kappa shape index (κ2) is 13.2. The van der Waals surface area contributed by atoms with Gasteiger partial charge in [0, 0.05) is 55.3 Å². The molecule has 0 radical (unpaired) electrons. The molecule has 1 fully saturated rings. The number of piperidine rings is 1. The molecule has 0 spiro atoms. The van der Waals surface area contributed by atoms with Gasteiger partial charge in [0.1, 0.15) is 5.75 Å². The summed E-state index contributed by atoms with van der Waals surface area (Å²) < 4.78 is 42.1. The van der Waals surface area contributed by atoms with Gasteiger partial charge in [-0.15, -0.1) is 0 Å². The number of likely N-dealkylation sites (tertiary alicyclic amines) is 1. The first-order valence-electron chi connectivity index (χ1n) is 12.4. The summed E-state index contributed by atoms with van der Waals surface area (Å²) in [5.74, 6) is -0.162. The first-order chi connectivity index (χ1) is 17.7. The monoisotopic (exact) mass is 517 g/mol. The number of carbonyl (C=O) groups is 1. The summed E-state index contributed by atoms with van der Waals surface area (Å²) in [5, 5.41) is 2.98. The topological polar surface area (TPSA) is 92.8 Å². The number of aromatic nitrogens is 1. The zero-order valence-electron chi connectivity index (χ0n) is 21.2. The number of halogens is 3. The van der Waals surface area contributed by atoms with Gasteiger partial charge in [0.05, 0.1) is 11.4 Å². The van der Waals surface area contributed by atoms with E-state index in [1.165, 1.54) is 37.6 Å². The Morgan fingerprint density at radius 1 is 1.27 bits per heavy atom. The molecule has 200 valence electrons. The van der Waals surface area contributed by atoms with Gasteiger partial charge in [-0.25, -0.2) is 4.98 Å². The molecule has 1 aromatic carbocycles. The van der Waals surface area contributed by atoms with E-state index >= 15 is 0 Å². The maximum Gasteiger partial charge on any atom is 0.422 e. The fourth-order valence-electron chi connectivity index (χ4n) is 4.25. The number of aliphatic imine (C=N–C) groups is 1. The van der Waals surface area contributed by atoms with Crippen molar-refractivity contribution in [3.63, 3.8) is 0 Å². The lowest BCUT2D eigenvalue weighted by Gasteiger charge is -2.33. The Bertz CT molecular complexity index is 1100. The highest BCUT2D eigenvalue weighted by atomic mass is 19.4. The fourth-order valence-corrected chi connectivity index (χ4v) is 4.25. The van der Waals surface area contributed by atoms with Crippen molar-refractivity contribution in [1.82, 2.24) is 15.2 Å². The van der Waals surface area contributed by atoms with Gasteiger partial charge < -0.3 is 20.7 Å². The number of allylic oxidation sites excluding steroid dienone is 1. The van der Waals surface area contributed by atoms with Gasteiger partial charge in [-0.1, -0.05) is 6.42 Å². The van der Waals surface area contributed by atoms with E-state index in [0.717, 1.165) is 19.5 Å². The molecule has 3 rings (SSSR count). The summed E-state index contributed by atoms with van der Waals surface area (Å²) >= 11 is 0. The van der Waals surface area contributed by atoms with Crippen LogP contribution < -0.4 is 15.8 Å². The standard InChI is InChI=1S/C27H34F3N5O2/c1-19-6-3-4-12-35(19)13-5-11-33-26(36)21-14-24(34-25(15-21)22(16-31)17-32-2)20-7-9-23(10-8-20)37-18-27(28,29)30/h7-10,14-17,19H,3-6,11-13,18,31H2,1-2H3,(H,33,36)/b22-16+,32-17?. The molecular formula is C27H34F3N5O2. The number of alkyl halides is 3. The van der Waals surface area contributed by atoms with E-state index in [-0.39, 0.29) is 11.7 Å². The van der Waals surface area contributed by atoms with Crippen LogP contribution in [0.4, 0.5) is 13.2 Å². The molecule has 10 heteroatoms. The fraction of sp³-hybridized carbons (Fsp3) is 0.444. The van der Waals surface area contributed by atoms with Gasteiger partial charge in [-0.3, -0.25) is 9.79 Å². The zero-order chi connectivity index (χ0) is 26.8. The van der Waals surface area contributed by atoms with Crippen molar-refractivity contribution < 1.29 is 22.7 Å². The predicted molar refractivity (Wildman–Crippen MR) is 140 cm³/mol. The first kappa shape index (κ1) is 28.2. The van der Waals surface area contributed by atoms with Crippen LogP contribution in [0.5, 0.6) is 5.75 Å². The van der Waals surface area contributed by atoms with Crippen molar-refractivity contribution in [2.24, 2.45) is 10.7 Å². The Kier molecular flexibility index (Phi) is 10.1. The molecule has 1 aromatic heterocycles. The highest BCUT2D eigenvalue weighted by molar-refractivity contribution is 6.09. The van der Waals surface area contributed by atoms with Crippen LogP contribution in [0.2, 0.25) is 0 Å². The van der Waals surface area contributed by atoms with Crippen molar-refractivity contribution in [2.45, 2.75) is 44.8 Å². The van der Waals surface area contributed by atoms with Gasteiger partial charge >= 0.3 is 6.18 Å². The van der Waals surface area contributed by atoms with Crippen LogP contribution >= 0.6 is 0 Å². The Balaban J connectivity index is 1.76. The maximum absolute atomic E-state index is 13.0. The van der Waals surface area contributed by atoms with Crippen LogP contribution in [0.3, 0.4) is 0 Å². The summed E-state index contributed by atoms with van der Waals surface area (Å²) in [6.07, 6.45) is 3.02. The number of rotatable bonds is 10. The van der Waals surface area contributed by atoms with E-state index in [4.69, 9.17) is 10.5 Å². The molecule has 3 N–H and O–H groups in total. The SMILES string of the molecule is CN=C/C(=C\N)c1cc(C(=O)NCCCN2CCCCC2C)cc(-c2ccc(OCC(F)(F)F)cc2)n1. The Morgan fingerprint density at radius 2 is 2.03 bits per heavy atom. The van der Waals surface area contributed by atoms with E-state index in [0.29, 0.717) is 40.7 Å². The number of ether oxygens (including phenoxy) is 1. The van der Waals surface area contributed by atoms with Gasteiger partial charge in [0.25, 0.3) is 5.91 Å². The van der Waals surface area contributed by atoms with E-state index in [2.05, 4.69) is 27.1 Å². The molecule has 0 bridgehead atoms. The lowest BCUT2D eigenvalue weighted by atomic mass is 10.0. The molecule has 1 aliphatic heterocycles. The molecule has 0 aliphatic carbocycles. The molecular weight excluding hydrogens is 483 g/mol. The summed E-state index contributed by atoms with van der Waals surface area (Å²) in [6.45, 7) is 3.44. The molecule has 0 saturated carbocycles. The molecule has 1 amide bonds. The molecule has 2 aromatic rings. The third kappa shape index (κ3) is 8.59. The largest absolute Gasteiger partial charge is 0.484 e. The normalized spacial score (nSPS) is 17.2. The summed E-state index contributed by atoms with van der Waals surface area (Å²) in [5.41, 5.74) is 8.23. The van der Waals surface area contributed by atoms with Crippen LogP contribution in [0.1, 0.15) is 48.7 Å².